The lowest BCUT2D eigenvalue weighted by atomic mass is 10.1. The van der Waals surface area contributed by atoms with Crippen molar-refractivity contribution in [3.05, 3.63) is 59.5 Å². The molecule has 2 N–H and O–H groups in total. The molecule has 0 aliphatic heterocycles. The number of hydrogen-bond donors (Lipinski definition) is 2. The van der Waals surface area contributed by atoms with Gasteiger partial charge in [-0.15, -0.1) is 0 Å². The first-order chi connectivity index (χ1) is 14.5. The van der Waals surface area contributed by atoms with Crippen molar-refractivity contribution in [2.75, 3.05) is 19.0 Å². The van der Waals surface area contributed by atoms with Crippen LogP contribution in [0.4, 0.5) is 11.6 Å². The number of hydrogen-bond acceptors (Lipinski definition) is 6. The highest BCUT2D eigenvalue weighted by molar-refractivity contribution is 9.10. The lowest BCUT2D eigenvalue weighted by Gasteiger charge is -2.12. The van der Waals surface area contributed by atoms with Crippen molar-refractivity contribution >= 4 is 44.4 Å². The molecule has 2 aromatic carbocycles. The van der Waals surface area contributed by atoms with Crippen molar-refractivity contribution < 1.29 is 9.53 Å². The minimum atomic E-state index is -0.208. The summed E-state index contributed by atoms with van der Waals surface area (Å²) in [5.41, 5.74) is 3.38. The lowest BCUT2D eigenvalue weighted by Crippen LogP contribution is -2.24. The number of likely N-dealkylation sites (N-methyl/N-ethyl adjacent to an activating group) is 1. The van der Waals surface area contributed by atoms with E-state index in [1.54, 1.807) is 30.2 Å². The van der Waals surface area contributed by atoms with Crippen LogP contribution < -0.4 is 15.4 Å². The maximum atomic E-state index is 11.6. The Morgan fingerprint density at radius 1 is 1.17 bits per heavy atom. The van der Waals surface area contributed by atoms with E-state index in [2.05, 4.69) is 41.6 Å². The number of halogens is 1. The second-order valence-corrected chi connectivity index (χ2v) is 7.55. The summed E-state index contributed by atoms with van der Waals surface area (Å²) in [5, 5.41) is 10.9. The van der Waals surface area contributed by atoms with Gasteiger partial charge in [-0.1, -0.05) is 15.9 Å². The number of aryl methyl sites for hydroxylation is 1. The molecule has 8 nitrogen and oxygen atoms in total. The molecule has 4 rings (SSSR count). The van der Waals surface area contributed by atoms with Crippen LogP contribution in [0.25, 0.3) is 22.0 Å². The van der Waals surface area contributed by atoms with Crippen molar-refractivity contribution in [2.24, 2.45) is 7.05 Å². The fourth-order valence-electron chi connectivity index (χ4n) is 2.91. The maximum Gasteiger partial charge on any atom is 0.257 e. The van der Waals surface area contributed by atoms with E-state index < -0.39 is 0 Å². The number of ether oxygens (including phenoxy) is 1. The number of nitrogens with one attached hydrogen (secondary N) is 2. The molecule has 152 valence electrons. The molecule has 0 aliphatic rings. The van der Waals surface area contributed by atoms with Gasteiger partial charge in [-0.25, -0.2) is 9.97 Å². The number of fused-ring (bicyclic) bond motifs is 1. The second kappa shape index (κ2) is 8.50. The minimum Gasteiger partial charge on any atom is -0.484 e. The molecule has 0 bridgehead atoms. The third-order valence-electron chi connectivity index (χ3n) is 4.39. The molecule has 2 heterocycles. The predicted octanol–water partition coefficient (Wildman–Crippen LogP) is 3.66. The van der Waals surface area contributed by atoms with E-state index in [1.165, 1.54) is 0 Å². The summed E-state index contributed by atoms with van der Waals surface area (Å²) in [7, 11) is 3.43. The number of nitrogens with zero attached hydrogens (tertiary/aromatic N) is 4. The van der Waals surface area contributed by atoms with E-state index in [0.29, 0.717) is 11.7 Å². The van der Waals surface area contributed by atoms with E-state index in [4.69, 9.17) is 4.74 Å². The highest BCUT2D eigenvalue weighted by Gasteiger charge is 2.09. The highest BCUT2D eigenvalue weighted by Crippen LogP contribution is 2.30. The molecule has 0 atom stereocenters. The average molecular weight is 467 g/mol. The van der Waals surface area contributed by atoms with Gasteiger partial charge in [-0.3, -0.25) is 9.48 Å². The summed E-state index contributed by atoms with van der Waals surface area (Å²) in [4.78, 5) is 20.6. The predicted molar refractivity (Wildman–Crippen MR) is 119 cm³/mol. The third-order valence-corrected chi connectivity index (χ3v) is 4.88. The number of amides is 1. The smallest absolute Gasteiger partial charge is 0.257 e. The van der Waals surface area contributed by atoms with Crippen molar-refractivity contribution in [2.45, 2.75) is 0 Å². The Bertz CT molecular complexity index is 1220. The first-order valence-corrected chi connectivity index (χ1v) is 9.96. The number of aromatic nitrogens is 4. The van der Waals surface area contributed by atoms with Crippen LogP contribution >= 0.6 is 15.9 Å². The zero-order valence-electron chi connectivity index (χ0n) is 16.4. The number of carbonyl (C=O) groups excluding carboxylic acids is 1. The van der Waals surface area contributed by atoms with E-state index in [0.717, 1.165) is 32.2 Å². The Labute approximate surface area is 181 Å². The fourth-order valence-corrected chi connectivity index (χ4v) is 3.28. The molecule has 4 aromatic rings. The van der Waals surface area contributed by atoms with Gasteiger partial charge in [0.25, 0.3) is 5.91 Å². The van der Waals surface area contributed by atoms with Crippen molar-refractivity contribution in [1.29, 1.82) is 0 Å². The molecule has 0 saturated heterocycles. The molecule has 30 heavy (non-hydrogen) atoms. The Morgan fingerprint density at radius 3 is 2.80 bits per heavy atom. The zero-order valence-corrected chi connectivity index (χ0v) is 18.0. The molecule has 0 fully saturated rings. The molecule has 0 spiro atoms. The Morgan fingerprint density at radius 2 is 2.03 bits per heavy atom. The number of rotatable bonds is 6. The molecule has 0 unspecified atom stereocenters. The topological polar surface area (TPSA) is 94.0 Å². The molecule has 1 amide bonds. The van der Waals surface area contributed by atoms with E-state index in [9.17, 15) is 4.79 Å². The number of carbonyl (C=O) groups is 1. The molecular formula is C21H19BrN6O2. The molecular weight excluding hydrogens is 448 g/mol. The van der Waals surface area contributed by atoms with Gasteiger partial charge >= 0.3 is 0 Å². The molecule has 9 heteroatoms. The average Bonchev–Trinajstić information content (AvgIpc) is 3.18. The van der Waals surface area contributed by atoms with E-state index >= 15 is 0 Å². The van der Waals surface area contributed by atoms with Crippen LogP contribution in [0.5, 0.6) is 5.75 Å². The first-order valence-electron chi connectivity index (χ1n) is 9.17. The third kappa shape index (κ3) is 4.57. The van der Waals surface area contributed by atoms with Gasteiger partial charge in [0, 0.05) is 53.7 Å². The van der Waals surface area contributed by atoms with Gasteiger partial charge in [0.05, 0.1) is 11.7 Å². The van der Waals surface area contributed by atoms with Crippen LogP contribution in [-0.4, -0.2) is 39.3 Å². The fraction of sp³-hybridized carbons (Fsp3) is 0.143. The Balaban J connectivity index is 1.67. The zero-order chi connectivity index (χ0) is 21.1. The van der Waals surface area contributed by atoms with Gasteiger partial charge < -0.3 is 15.4 Å². The second-order valence-electron chi connectivity index (χ2n) is 6.63. The monoisotopic (exact) mass is 466 g/mol. The molecule has 0 aliphatic carbocycles. The summed E-state index contributed by atoms with van der Waals surface area (Å²) in [5.74, 6) is 0.804. The molecule has 0 radical (unpaired) electrons. The molecule has 0 saturated carbocycles. The number of benzene rings is 2. The van der Waals surface area contributed by atoms with E-state index in [1.807, 2.05) is 43.6 Å². The summed E-state index contributed by atoms with van der Waals surface area (Å²) in [6, 6.07) is 11.5. The van der Waals surface area contributed by atoms with Crippen LogP contribution in [0.3, 0.4) is 0 Å². The van der Waals surface area contributed by atoms with Crippen LogP contribution in [0.15, 0.2) is 59.5 Å². The summed E-state index contributed by atoms with van der Waals surface area (Å²) in [6.45, 7) is -0.0756. The van der Waals surface area contributed by atoms with Gasteiger partial charge in [0.15, 0.2) is 6.61 Å². The Kier molecular flexibility index (Phi) is 5.62. The maximum absolute atomic E-state index is 11.6. The highest BCUT2D eigenvalue weighted by atomic mass is 79.9. The summed E-state index contributed by atoms with van der Waals surface area (Å²) < 4.78 is 8.36. The molecule has 2 aromatic heterocycles. The minimum absolute atomic E-state index is 0.0756. The van der Waals surface area contributed by atoms with Crippen LogP contribution in [0.2, 0.25) is 0 Å². The summed E-state index contributed by atoms with van der Waals surface area (Å²) in [6.07, 6.45) is 5.45. The number of anilines is 2. The van der Waals surface area contributed by atoms with Crippen molar-refractivity contribution in [3.8, 4) is 16.9 Å². The van der Waals surface area contributed by atoms with Crippen LogP contribution in [-0.2, 0) is 11.8 Å². The van der Waals surface area contributed by atoms with Gasteiger partial charge in [0.2, 0.25) is 5.95 Å². The lowest BCUT2D eigenvalue weighted by molar-refractivity contribution is -0.122. The largest absolute Gasteiger partial charge is 0.484 e. The van der Waals surface area contributed by atoms with Crippen LogP contribution in [0, 0.1) is 0 Å². The van der Waals surface area contributed by atoms with Crippen molar-refractivity contribution in [1.82, 2.24) is 25.1 Å². The Hall–Kier alpha value is -3.46. The van der Waals surface area contributed by atoms with E-state index in [-0.39, 0.29) is 12.5 Å². The summed E-state index contributed by atoms with van der Waals surface area (Å²) >= 11 is 3.45. The van der Waals surface area contributed by atoms with Gasteiger partial charge in [0.1, 0.15) is 5.75 Å². The van der Waals surface area contributed by atoms with Gasteiger partial charge in [-0.05, 0) is 35.9 Å². The normalized spacial score (nSPS) is 10.8. The SMILES string of the molecule is CNC(=O)COc1cc(Nc2ncc3cc(Br)ccc3n2)cc(-c2cnn(C)c2)c1. The van der Waals surface area contributed by atoms with Gasteiger partial charge in [-0.2, -0.15) is 5.10 Å². The standard InChI is InChI=1S/C21H19BrN6O2/c1-23-20(29)12-30-18-7-13(15-10-25-28(2)11-15)6-17(8-18)26-21-24-9-14-5-16(22)3-4-19(14)27-21/h3-11H,12H2,1-2H3,(H,23,29)(H,24,26,27). The van der Waals surface area contributed by atoms with Crippen molar-refractivity contribution in [3.63, 3.8) is 0 Å². The first kappa shape index (κ1) is 19.8. The quantitative estimate of drug-likeness (QED) is 0.450. The van der Waals surface area contributed by atoms with Crippen LogP contribution in [0.1, 0.15) is 0 Å².